The van der Waals surface area contributed by atoms with E-state index in [9.17, 15) is 4.79 Å². The van der Waals surface area contributed by atoms with E-state index >= 15 is 0 Å². The summed E-state index contributed by atoms with van der Waals surface area (Å²) < 4.78 is 0. The first kappa shape index (κ1) is 16.3. The Labute approximate surface area is 152 Å². The Hall–Kier alpha value is -2.17. The minimum absolute atomic E-state index is 0.0546. The zero-order chi connectivity index (χ0) is 17.2. The van der Waals surface area contributed by atoms with Crippen LogP contribution in [0.2, 0.25) is 0 Å². The molecule has 0 bridgehead atoms. The van der Waals surface area contributed by atoms with Gasteiger partial charge in [0.1, 0.15) is 6.04 Å². The molecule has 0 saturated carbocycles. The molecule has 1 aliphatic rings. The molecule has 0 spiro atoms. The summed E-state index contributed by atoms with van der Waals surface area (Å²) in [5.41, 5.74) is 0.877. The van der Waals surface area contributed by atoms with E-state index in [4.69, 9.17) is 0 Å². The number of carbonyl (C=O) groups excluding carboxylic acids is 1. The van der Waals surface area contributed by atoms with Crippen LogP contribution in [-0.4, -0.2) is 18.5 Å². The third-order valence-electron chi connectivity index (χ3n) is 5.26. The Bertz CT molecular complexity index is 874. The second-order valence-corrected chi connectivity index (χ2v) is 7.79. The van der Waals surface area contributed by atoms with E-state index in [1.165, 1.54) is 28.0 Å². The summed E-state index contributed by atoms with van der Waals surface area (Å²) in [6.45, 7) is 3.12. The lowest BCUT2D eigenvalue weighted by Crippen LogP contribution is -3.15. The van der Waals surface area contributed by atoms with Crippen LogP contribution in [0.15, 0.2) is 60.0 Å². The van der Waals surface area contributed by atoms with Crippen LogP contribution in [0.4, 0.5) is 5.69 Å². The summed E-state index contributed by atoms with van der Waals surface area (Å²) in [6.07, 6.45) is 2.36. The predicted octanol–water partition coefficient (Wildman–Crippen LogP) is 3.65. The summed E-state index contributed by atoms with van der Waals surface area (Å²) >= 11 is 1.81. The highest BCUT2D eigenvalue weighted by atomic mass is 32.1. The van der Waals surface area contributed by atoms with Crippen molar-refractivity contribution in [3.8, 4) is 0 Å². The van der Waals surface area contributed by atoms with Gasteiger partial charge in [-0.2, -0.15) is 0 Å². The van der Waals surface area contributed by atoms with Crippen molar-refractivity contribution in [3.05, 3.63) is 64.9 Å². The number of hydrogen-bond acceptors (Lipinski definition) is 2. The predicted molar refractivity (Wildman–Crippen MR) is 104 cm³/mol. The average Bonchev–Trinajstić information content (AvgIpc) is 3.32. The van der Waals surface area contributed by atoms with Gasteiger partial charge in [-0.3, -0.25) is 4.79 Å². The molecule has 1 saturated heterocycles. The molecular formula is C21H23N2OS+. The largest absolute Gasteiger partial charge is 0.321 e. The van der Waals surface area contributed by atoms with Gasteiger partial charge < -0.3 is 10.2 Å². The number of thiophene rings is 1. The highest BCUT2D eigenvalue weighted by Crippen LogP contribution is 2.24. The van der Waals surface area contributed by atoms with E-state index in [1.54, 1.807) is 11.3 Å². The molecule has 3 aromatic rings. The molecule has 1 amide bonds. The van der Waals surface area contributed by atoms with Gasteiger partial charge >= 0.3 is 0 Å². The van der Waals surface area contributed by atoms with Gasteiger partial charge in [0, 0.05) is 18.5 Å². The van der Waals surface area contributed by atoms with Gasteiger partial charge in [-0.05, 0) is 41.3 Å². The molecule has 4 heteroatoms. The highest BCUT2D eigenvalue weighted by Gasteiger charge is 2.37. The molecule has 1 aliphatic heterocycles. The first-order valence-electron chi connectivity index (χ1n) is 8.91. The number of likely N-dealkylation sites (tertiary alicyclic amines) is 1. The van der Waals surface area contributed by atoms with Crippen LogP contribution in [0.5, 0.6) is 0 Å². The second kappa shape index (κ2) is 6.98. The number of amides is 1. The quantitative estimate of drug-likeness (QED) is 0.739. The highest BCUT2D eigenvalue weighted by molar-refractivity contribution is 7.10. The lowest BCUT2D eigenvalue weighted by molar-refractivity contribution is -0.931. The molecule has 1 fully saturated rings. The van der Waals surface area contributed by atoms with Crippen LogP contribution < -0.4 is 10.2 Å². The minimum Gasteiger partial charge on any atom is -0.321 e. The van der Waals surface area contributed by atoms with Crippen molar-refractivity contribution in [2.75, 3.05) is 11.9 Å². The van der Waals surface area contributed by atoms with Gasteiger partial charge in [-0.25, -0.2) is 0 Å². The number of hydrogen-bond donors (Lipinski definition) is 2. The van der Waals surface area contributed by atoms with Crippen LogP contribution in [0, 0.1) is 0 Å². The zero-order valence-corrected chi connectivity index (χ0v) is 15.2. The van der Waals surface area contributed by atoms with Gasteiger partial charge in [-0.15, -0.1) is 11.3 Å². The minimum atomic E-state index is -0.0546. The Morgan fingerprint density at radius 1 is 1.16 bits per heavy atom. The van der Waals surface area contributed by atoms with Gasteiger partial charge in [0.15, 0.2) is 6.04 Å². The fourth-order valence-electron chi connectivity index (χ4n) is 3.89. The van der Waals surface area contributed by atoms with Crippen LogP contribution >= 0.6 is 11.3 Å². The first-order chi connectivity index (χ1) is 12.2. The summed E-state index contributed by atoms with van der Waals surface area (Å²) in [5.74, 6) is 0.105. The molecule has 0 radical (unpaired) electrons. The van der Waals surface area contributed by atoms with Gasteiger partial charge in [-0.1, -0.05) is 36.4 Å². The van der Waals surface area contributed by atoms with Crippen molar-refractivity contribution in [1.82, 2.24) is 0 Å². The SMILES string of the molecule is C[C@@H](C(=O)Nc1ccc2ccccc2c1)[NH+]1CCC[C@@H]1c1cccs1. The summed E-state index contributed by atoms with van der Waals surface area (Å²) in [6, 6.07) is 19.0. The van der Waals surface area contributed by atoms with E-state index in [0.717, 1.165) is 17.6 Å². The topological polar surface area (TPSA) is 33.5 Å². The molecule has 128 valence electrons. The number of nitrogens with one attached hydrogen (secondary N) is 2. The van der Waals surface area contributed by atoms with E-state index in [1.807, 2.05) is 18.2 Å². The van der Waals surface area contributed by atoms with Crippen LogP contribution in [0.3, 0.4) is 0 Å². The van der Waals surface area contributed by atoms with Crippen molar-refractivity contribution in [1.29, 1.82) is 0 Å². The Morgan fingerprint density at radius 2 is 2.00 bits per heavy atom. The molecule has 1 aromatic heterocycles. The average molecular weight is 351 g/mol. The van der Waals surface area contributed by atoms with Crippen molar-refractivity contribution < 1.29 is 9.69 Å². The summed E-state index contributed by atoms with van der Waals surface area (Å²) in [4.78, 5) is 15.6. The maximum atomic E-state index is 12.8. The maximum Gasteiger partial charge on any atom is 0.282 e. The van der Waals surface area contributed by atoms with E-state index in [-0.39, 0.29) is 11.9 Å². The summed E-state index contributed by atoms with van der Waals surface area (Å²) in [7, 11) is 0. The monoisotopic (exact) mass is 351 g/mol. The number of fused-ring (bicyclic) bond motifs is 1. The first-order valence-corrected chi connectivity index (χ1v) is 9.79. The second-order valence-electron chi connectivity index (χ2n) is 6.81. The summed E-state index contributed by atoms with van der Waals surface area (Å²) in [5, 5.41) is 7.59. The lowest BCUT2D eigenvalue weighted by atomic mass is 10.1. The van der Waals surface area contributed by atoms with Gasteiger partial charge in [0.2, 0.25) is 0 Å². The van der Waals surface area contributed by atoms with E-state index in [0.29, 0.717) is 6.04 Å². The Morgan fingerprint density at radius 3 is 2.80 bits per heavy atom. The number of quaternary nitrogens is 1. The van der Waals surface area contributed by atoms with Gasteiger partial charge in [0.25, 0.3) is 5.91 Å². The standard InChI is InChI=1S/C21H22N2OS/c1-15(23-12-4-8-19(23)20-9-5-13-25-20)21(24)22-18-11-10-16-6-2-3-7-17(16)14-18/h2-3,5-7,9-11,13-15,19H,4,8,12H2,1H3,(H,22,24)/p+1/t15-,19+/m0/s1. The smallest absolute Gasteiger partial charge is 0.282 e. The van der Waals surface area contributed by atoms with E-state index < -0.39 is 0 Å². The molecule has 3 nitrogen and oxygen atoms in total. The third kappa shape index (κ3) is 3.32. The van der Waals surface area contributed by atoms with Crippen molar-refractivity contribution in [3.63, 3.8) is 0 Å². The molecule has 3 atom stereocenters. The zero-order valence-electron chi connectivity index (χ0n) is 14.4. The normalized spacial score (nSPS) is 21.3. The van der Waals surface area contributed by atoms with E-state index in [2.05, 4.69) is 54.0 Å². The molecule has 2 heterocycles. The Balaban J connectivity index is 1.49. The molecular weight excluding hydrogens is 328 g/mol. The van der Waals surface area contributed by atoms with Crippen LogP contribution in [0.1, 0.15) is 30.7 Å². The molecule has 2 aromatic carbocycles. The molecule has 0 aliphatic carbocycles. The fourth-order valence-corrected chi connectivity index (χ4v) is 4.79. The van der Waals surface area contributed by atoms with Crippen molar-refractivity contribution >= 4 is 33.7 Å². The molecule has 25 heavy (non-hydrogen) atoms. The number of benzene rings is 2. The van der Waals surface area contributed by atoms with Crippen LogP contribution in [0.25, 0.3) is 10.8 Å². The number of carbonyl (C=O) groups is 1. The van der Waals surface area contributed by atoms with Crippen molar-refractivity contribution in [2.24, 2.45) is 0 Å². The van der Waals surface area contributed by atoms with Crippen molar-refractivity contribution in [2.45, 2.75) is 31.8 Å². The number of anilines is 1. The van der Waals surface area contributed by atoms with Gasteiger partial charge in [0.05, 0.1) is 11.4 Å². The number of rotatable bonds is 4. The molecule has 1 unspecified atom stereocenters. The van der Waals surface area contributed by atoms with Crippen LogP contribution in [-0.2, 0) is 4.79 Å². The molecule has 4 rings (SSSR count). The molecule has 2 N–H and O–H groups in total. The third-order valence-corrected chi connectivity index (χ3v) is 6.24. The Kier molecular flexibility index (Phi) is 4.55. The maximum absolute atomic E-state index is 12.8. The lowest BCUT2D eigenvalue weighted by Gasteiger charge is -2.26. The fraction of sp³-hybridized carbons (Fsp3) is 0.286.